The lowest BCUT2D eigenvalue weighted by Crippen LogP contribution is -1.84. The van der Waals surface area contributed by atoms with E-state index in [2.05, 4.69) is 61.5 Å². The van der Waals surface area contributed by atoms with E-state index in [1.165, 1.54) is 27.1 Å². The molecule has 0 aliphatic rings. The number of benzene rings is 3. The van der Waals surface area contributed by atoms with Gasteiger partial charge in [-0.25, -0.2) is 0 Å². The van der Waals surface area contributed by atoms with Crippen LogP contribution >= 0.6 is 0 Å². The number of hydrogen-bond acceptors (Lipinski definition) is 1. The molecule has 0 unspecified atom stereocenters. The fourth-order valence-corrected chi connectivity index (χ4v) is 2.41. The van der Waals surface area contributed by atoms with Crippen molar-refractivity contribution in [1.29, 1.82) is 0 Å². The quantitative estimate of drug-likeness (QED) is 0.595. The Labute approximate surface area is 102 Å². The van der Waals surface area contributed by atoms with Gasteiger partial charge < -0.3 is 6.15 Å². The highest BCUT2D eigenvalue weighted by Crippen LogP contribution is 2.27. The molecule has 17 heavy (non-hydrogen) atoms. The van der Waals surface area contributed by atoms with Gasteiger partial charge in [-0.05, 0) is 33.5 Å². The van der Waals surface area contributed by atoms with Crippen LogP contribution in [0.2, 0.25) is 0 Å². The smallest absolute Gasteiger partial charge is 0.0103 e. The van der Waals surface area contributed by atoms with Gasteiger partial charge in [0.15, 0.2) is 0 Å². The molecule has 3 aromatic rings. The topological polar surface area (TPSA) is 35.0 Å². The van der Waals surface area contributed by atoms with Crippen molar-refractivity contribution in [3.63, 3.8) is 0 Å². The fourth-order valence-electron chi connectivity index (χ4n) is 2.41. The van der Waals surface area contributed by atoms with Crippen LogP contribution in [0.5, 0.6) is 0 Å². The van der Waals surface area contributed by atoms with Crippen molar-refractivity contribution in [3.05, 3.63) is 60.2 Å². The summed E-state index contributed by atoms with van der Waals surface area (Å²) in [6.45, 7) is 2.21. The molecule has 0 spiro atoms. The minimum Gasteiger partial charge on any atom is -0.344 e. The van der Waals surface area contributed by atoms with Crippen LogP contribution in [0, 0.1) is 0 Å². The maximum absolute atomic E-state index is 2.25. The van der Waals surface area contributed by atoms with Gasteiger partial charge in [-0.3, -0.25) is 0 Å². The lowest BCUT2D eigenvalue weighted by molar-refractivity contribution is 1.16. The van der Waals surface area contributed by atoms with Crippen molar-refractivity contribution in [3.8, 4) is 0 Å². The van der Waals surface area contributed by atoms with Crippen molar-refractivity contribution in [2.45, 2.75) is 13.3 Å². The average molecular weight is 223 g/mol. The van der Waals surface area contributed by atoms with Gasteiger partial charge in [0.05, 0.1) is 0 Å². The van der Waals surface area contributed by atoms with Crippen LogP contribution < -0.4 is 6.15 Å². The predicted octanol–water partition coefficient (Wildman–Crippen LogP) is 4.72. The van der Waals surface area contributed by atoms with Gasteiger partial charge in [-0.1, -0.05) is 61.5 Å². The highest BCUT2D eigenvalue weighted by atomic mass is 14.1. The Morgan fingerprint density at radius 2 is 1.47 bits per heavy atom. The average Bonchev–Trinajstić information content (AvgIpc) is 2.37. The Balaban J connectivity index is 0.00000108. The predicted molar refractivity (Wildman–Crippen MR) is 75.9 cm³/mol. The molecule has 0 saturated carbocycles. The molecule has 3 N–H and O–H groups in total. The van der Waals surface area contributed by atoms with Crippen LogP contribution in [0.15, 0.2) is 54.6 Å². The zero-order valence-electron chi connectivity index (χ0n) is 10.1. The normalized spacial score (nSPS) is 10.4. The summed E-state index contributed by atoms with van der Waals surface area (Å²) < 4.78 is 0. The van der Waals surface area contributed by atoms with E-state index in [0.717, 1.165) is 6.42 Å². The van der Waals surface area contributed by atoms with Crippen molar-refractivity contribution in [2.24, 2.45) is 0 Å². The molecule has 0 saturated heterocycles. The van der Waals surface area contributed by atoms with E-state index in [1.54, 1.807) is 0 Å². The van der Waals surface area contributed by atoms with Crippen LogP contribution in [-0.4, -0.2) is 0 Å². The molecule has 0 aliphatic heterocycles. The zero-order valence-corrected chi connectivity index (χ0v) is 10.1. The first-order chi connectivity index (χ1) is 7.90. The molecule has 0 aromatic heterocycles. The summed E-state index contributed by atoms with van der Waals surface area (Å²) >= 11 is 0. The summed E-state index contributed by atoms with van der Waals surface area (Å²) in [6.07, 6.45) is 1.09. The van der Waals surface area contributed by atoms with Crippen LogP contribution in [0.1, 0.15) is 12.5 Å². The summed E-state index contributed by atoms with van der Waals surface area (Å²) in [5, 5.41) is 5.44. The van der Waals surface area contributed by atoms with Gasteiger partial charge in [0.25, 0.3) is 0 Å². The minimum absolute atomic E-state index is 0. The zero-order chi connectivity index (χ0) is 11.0. The van der Waals surface area contributed by atoms with Crippen molar-refractivity contribution >= 4 is 21.5 Å². The molecule has 0 heterocycles. The third-order valence-electron chi connectivity index (χ3n) is 3.26. The molecule has 0 bridgehead atoms. The van der Waals surface area contributed by atoms with Gasteiger partial charge in [0, 0.05) is 0 Å². The van der Waals surface area contributed by atoms with E-state index >= 15 is 0 Å². The Morgan fingerprint density at radius 3 is 2.29 bits per heavy atom. The molecule has 3 rings (SSSR count). The van der Waals surface area contributed by atoms with Crippen LogP contribution in [0.4, 0.5) is 0 Å². The molecule has 86 valence electrons. The second-order valence-corrected chi connectivity index (χ2v) is 4.15. The Kier molecular flexibility index (Phi) is 3.12. The van der Waals surface area contributed by atoms with Gasteiger partial charge in [0.2, 0.25) is 0 Å². The second kappa shape index (κ2) is 4.56. The van der Waals surface area contributed by atoms with E-state index in [9.17, 15) is 0 Å². The standard InChI is InChI=1S/C16H14.H3N/c1-2-12-7-5-9-16-14-8-4-3-6-13(14)10-11-15(12)16;/h3-11H,2H2,1H3;1H3. The second-order valence-electron chi connectivity index (χ2n) is 4.15. The van der Waals surface area contributed by atoms with Crippen LogP contribution in [0.3, 0.4) is 0 Å². The first-order valence-electron chi connectivity index (χ1n) is 5.79. The van der Waals surface area contributed by atoms with Crippen molar-refractivity contribution < 1.29 is 0 Å². The van der Waals surface area contributed by atoms with Crippen molar-refractivity contribution in [1.82, 2.24) is 6.15 Å². The minimum atomic E-state index is 0. The van der Waals surface area contributed by atoms with E-state index < -0.39 is 0 Å². The number of rotatable bonds is 1. The summed E-state index contributed by atoms with van der Waals surface area (Å²) in [4.78, 5) is 0. The first-order valence-corrected chi connectivity index (χ1v) is 5.79. The van der Waals surface area contributed by atoms with Crippen LogP contribution in [-0.2, 0) is 6.42 Å². The molecular weight excluding hydrogens is 206 g/mol. The third-order valence-corrected chi connectivity index (χ3v) is 3.26. The Bertz CT molecular complexity index is 656. The lowest BCUT2D eigenvalue weighted by Gasteiger charge is -2.07. The SMILES string of the molecule is CCc1cccc2c1ccc1ccccc12.N. The number of fused-ring (bicyclic) bond motifs is 3. The number of hydrogen-bond donors (Lipinski definition) is 1. The fraction of sp³-hybridized carbons (Fsp3) is 0.125. The molecule has 1 heteroatoms. The van der Waals surface area contributed by atoms with E-state index in [0.29, 0.717) is 0 Å². The maximum atomic E-state index is 2.25. The van der Waals surface area contributed by atoms with Gasteiger partial charge >= 0.3 is 0 Å². The van der Waals surface area contributed by atoms with Gasteiger partial charge in [0.1, 0.15) is 0 Å². The maximum Gasteiger partial charge on any atom is -0.0103 e. The molecule has 1 nitrogen and oxygen atoms in total. The van der Waals surface area contributed by atoms with Gasteiger partial charge in [-0.15, -0.1) is 0 Å². The van der Waals surface area contributed by atoms with Crippen molar-refractivity contribution in [2.75, 3.05) is 0 Å². The molecule has 0 amide bonds. The summed E-state index contributed by atoms with van der Waals surface area (Å²) in [5.41, 5.74) is 1.43. The number of aryl methyl sites for hydroxylation is 1. The summed E-state index contributed by atoms with van der Waals surface area (Å²) in [5.74, 6) is 0. The van der Waals surface area contributed by atoms with Gasteiger partial charge in [-0.2, -0.15) is 0 Å². The van der Waals surface area contributed by atoms with E-state index in [1.807, 2.05) is 0 Å². The largest absolute Gasteiger partial charge is 0.344 e. The summed E-state index contributed by atoms with van der Waals surface area (Å²) in [6, 6.07) is 19.7. The van der Waals surface area contributed by atoms with E-state index in [-0.39, 0.29) is 6.15 Å². The third kappa shape index (κ3) is 1.79. The first kappa shape index (κ1) is 11.6. The molecule has 3 aromatic carbocycles. The molecule has 0 fully saturated rings. The molecule has 0 aliphatic carbocycles. The summed E-state index contributed by atoms with van der Waals surface area (Å²) in [7, 11) is 0. The lowest BCUT2D eigenvalue weighted by atomic mass is 9.97. The Hall–Kier alpha value is -1.86. The molecular formula is C16H17N. The molecule has 0 atom stereocenters. The van der Waals surface area contributed by atoms with Crippen LogP contribution in [0.25, 0.3) is 21.5 Å². The molecule has 0 radical (unpaired) electrons. The van der Waals surface area contributed by atoms with E-state index in [4.69, 9.17) is 0 Å². The highest BCUT2D eigenvalue weighted by molar-refractivity contribution is 6.08. The highest BCUT2D eigenvalue weighted by Gasteiger charge is 2.02. The monoisotopic (exact) mass is 223 g/mol. The Morgan fingerprint density at radius 1 is 0.706 bits per heavy atom.